The molecule has 2 atom stereocenters. The van der Waals surface area contributed by atoms with Crippen molar-refractivity contribution in [2.24, 2.45) is 5.14 Å². The first kappa shape index (κ1) is 20.5. The second kappa shape index (κ2) is 8.43. The number of likely N-dealkylation sites (N-methyl/N-ethyl adjacent to an activating group) is 1. The van der Waals surface area contributed by atoms with Gasteiger partial charge < -0.3 is 4.90 Å². The molecular formula is C21H27N3O3S. The van der Waals surface area contributed by atoms with Gasteiger partial charge in [-0.05, 0) is 44.0 Å². The largest absolute Gasteiger partial charge is 0.335 e. The number of hydrogen-bond acceptors (Lipinski definition) is 4. The van der Waals surface area contributed by atoms with Crippen LogP contribution in [-0.2, 0) is 10.0 Å². The van der Waals surface area contributed by atoms with Crippen molar-refractivity contribution in [2.75, 3.05) is 19.6 Å². The van der Waals surface area contributed by atoms with Crippen LogP contribution in [-0.4, -0.2) is 49.8 Å². The highest BCUT2D eigenvalue weighted by molar-refractivity contribution is 7.89. The average molecular weight is 402 g/mol. The Hall–Kier alpha value is -2.22. The molecule has 0 aliphatic carbocycles. The number of primary sulfonamides is 1. The van der Waals surface area contributed by atoms with E-state index < -0.39 is 10.0 Å². The SMILES string of the molecule is CCN(C(=O)c1cccc(S(N)(=O)=O)c1)[C@H]1CCN([C@H](C)c2ccccc2)C1. The Morgan fingerprint density at radius 2 is 1.93 bits per heavy atom. The zero-order chi connectivity index (χ0) is 20.3. The van der Waals surface area contributed by atoms with Gasteiger partial charge in [0.1, 0.15) is 0 Å². The number of carbonyl (C=O) groups is 1. The van der Waals surface area contributed by atoms with E-state index in [1.807, 2.05) is 30.0 Å². The zero-order valence-electron chi connectivity index (χ0n) is 16.3. The summed E-state index contributed by atoms with van der Waals surface area (Å²) in [6.45, 7) is 6.42. The third-order valence-electron chi connectivity index (χ3n) is 5.48. The Morgan fingerprint density at radius 1 is 1.21 bits per heavy atom. The summed E-state index contributed by atoms with van der Waals surface area (Å²) in [4.78, 5) is 17.2. The van der Waals surface area contributed by atoms with Gasteiger partial charge >= 0.3 is 0 Å². The number of likely N-dealkylation sites (tertiary alicyclic amines) is 1. The topological polar surface area (TPSA) is 83.7 Å². The molecule has 2 N–H and O–H groups in total. The van der Waals surface area contributed by atoms with Gasteiger partial charge in [0.15, 0.2) is 0 Å². The normalized spacial score (nSPS) is 18.8. The van der Waals surface area contributed by atoms with E-state index in [1.165, 1.54) is 17.7 Å². The summed E-state index contributed by atoms with van der Waals surface area (Å²) in [5.74, 6) is -0.160. The fourth-order valence-corrected chi connectivity index (χ4v) is 4.42. The van der Waals surface area contributed by atoms with Gasteiger partial charge in [-0.2, -0.15) is 0 Å². The van der Waals surface area contributed by atoms with E-state index in [2.05, 4.69) is 24.0 Å². The number of benzene rings is 2. The van der Waals surface area contributed by atoms with Crippen LogP contribution in [0.4, 0.5) is 0 Å². The molecule has 2 aromatic rings. The number of rotatable bonds is 6. The number of nitrogens with two attached hydrogens (primary N) is 1. The lowest BCUT2D eigenvalue weighted by atomic mass is 10.1. The van der Waals surface area contributed by atoms with E-state index >= 15 is 0 Å². The van der Waals surface area contributed by atoms with Gasteiger partial charge in [0.05, 0.1) is 4.90 Å². The van der Waals surface area contributed by atoms with E-state index in [1.54, 1.807) is 12.1 Å². The summed E-state index contributed by atoms with van der Waals surface area (Å²) in [5.41, 5.74) is 1.61. The number of amides is 1. The molecule has 0 unspecified atom stereocenters. The van der Waals surface area contributed by atoms with Crippen LogP contribution in [0.2, 0.25) is 0 Å². The number of hydrogen-bond donors (Lipinski definition) is 1. The van der Waals surface area contributed by atoms with Crippen LogP contribution in [0.15, 0.2) is 59.5 Å². The van der Waals surface area contributed by atoms with Gasteiger partial charge in [-0.25, -0.2) is 13.6 Å². The molecule has 150 valence electrons. The third kappa shape index (κ3) is 4.43. The summed E-state index contributed by atoms with van der Waals surface area (Å²) in [7, 11) is -3.84. The van der Waals surface area contributed by atoms with E-state index in [0.29, 0.717) is 12.1 Å². The van der Waals surface area contributed by atoms with Crippen molar-refractivity contribution in [2.45, 2.75) is 37.2 Å². The first-order chi connectivity index (χ1) is 13.3. The number of nitrogens with zero attached hydrogens (tertiary/aromatic N) is 2. The maximum absolute atomic E-state index is 13.1. The summed E-state index contributed by atoms with van der Waals surface area (Å²) in [6, 6.07) is 16.7. The van der Waals surface area contributed by atoms with E-state index in [9.17, 15) is 13.2 Å². The lowest BCUT2D eigenvalue weighted by molar-refractivity contribution is 0.0689. The van der Waals surface area contributed by atoms with Crippen molar-refractivity contribution in [3.63, 3.8) is 0 Å². The highest BCUT2D eigenvalue weighted by Crippen LogP contribution is 2.27. The van der Waals surface area contributed by atoms with Crippen LogP contribution in [0, 0.1) is 0 Å². The molecule has 3 rings (SSSR count). The highest BCUT2D eigenvalue weighted by atomic mass is 32.2. The minimum Gasteiger partial charge on any atom is -0.335 e. The summed E-state index contributed by atoms with van der Waals surface area (Å²) >= 11 is 0. The van der Waals surface area contributed by atoms with Crippen molar-refractivity contribution >= 4 is 15.9 Å². The highest BCUT2D eigenvalue weighted by Gasteiger charge is 2.32. The third-order valence-corrected chi connectivity index (χ3v) is 6.39. The Balaban J connectivity index is 1.74. The standard InChI is InChI=1S/C21H27N3O3S/c1-3-24(21(25)18-10-7-11-20(14-18)28(22,26)27)19-12-13-23(15-19)16(2)17-8-5-4-6-9-17/h4-11,14,16,19H,3,12-13,15H2,1-2H3,(H2,22,26,27)/t16-,19+/m1/s1. The first-order valence-corrected chi connectivity index (χ1v) is 11.1. The monoisotopic (exact) mass is 401 g/mol. The van der Waals surface area contributed by atoms with E-state index in [0.717, 1.165) is 19.5 Å². The lowest BCUT2D eigenvalue weighted by Crippen LogP contribution is -2.42. The molecule has 28 heavy (non-hydrogen) atoms. The number of carbonyl (C=O) groups excluding carboxylic acids is 1. The minimum atomic E-state index is -3.84. The van der Waals surface area contributed by atoms with Crippen LogP contribution in [0.1, 0.15) is 42.2 Å². The van der Waals surface area contributed by atoms with E-state index in [-0.39, 0.29) is 22.9 Å². The van der Waals surface area contributed by atoms with Crippen molar-refractivity contribution in [3.05, 3.63) is 65.7 Å². The molecule has 0 spiro atoms. The Labute approximate surface area is 167 Å². The summed E-state index contributed by atoms with van der Waals surface area (Å²) in [6.07, 6.45) is 0.894. The average Bonchev–Trinajstić information content (AvgIpc) is 3.18. The Morgan fingerprint density at radius 3 is 2.57 bits per heavy atom. The molecule has 0 radical (unpaired) electrons. The molecule has 1 saturated heterocycles. The molecule has 1 heterocycles. The minimum absolute atomic E-state index is 0.0415. The molecule has 7 heteroatoms. The molecule has 1 amide bonds. The van der Waals surface area contributed by atoms with Crippen LogP contribution in [0.25, 0.3) is 0 Å². The van der Waals surface area contributed by atoms with Crippen molar-refractivity contribution in [3.8, 4) is 0 Å². The van der Waals surface area contributed by atoms with Crippen molar-refractivity contribution in [1.29, 1.82) is 0 Å². The predicted molar refractivity (Wildman–Crippen MR) is 109 cm³/mol. The Kier molecular flexibility index (Phi) is 6.17. The van der Waals surface area contributed by atoms with Crippen molar-refractivity contribution in [1.82, 2.24) is 9.80 Å². The van der Waals surface area contributed by atoms with Crippen molar-refractivity contribution < 1.29 is 13.2 Å². The zero-order valence-corrected chi connectivity index (χ0v) is 17.1. The lowest BCUT2D eigenvalue weighted by Gasteiger charge is -2.30. The molecule has 0 saturated carbocycles. The molecular weight excluding hydrogens is 374 g/mol. The van der Waals surface area contributed by atoms with Crippen LogP contribution in [0.3, 0.4) is 0 Å². The molecule has 0 aromatic heterocycles. The predicted octanol–water partition coefficient (Wildman–Crippen LogP) is 2.63. The van der Waals surface area contributed by atoms with E-state index in [4.69, 9.17) is 5.14 Å². The maximum Gasteiger partial charge on any atom is 0.254 e. The molecule has 1 aliphatic heterocycles. The van der Waals surface area contributed by atoms with Gasteiger partial charge in [0.2, 0.25) is 10.0 Å². The first-order valence-electron chi connectivity index (χ1n) is 9.54. The Bertz CT molecular complexity index is 931. The fraction of sp³-hybridized carbons (Fsp3) is 0.381. The van der Waals surface area contributed by atoms with Gasteiger partial charge in [0, 0.05) is 37.3 Å². The fourth-order valence-electron chi connectivity index (χ4n) is 3.86. The molecule has 6 nitrogen and oxygen atoms in total. The second-order valence-electron chi connectivity index (χ2n) is 7.19. The van der Waals surface area contributed by atoms with Gasteiger partial charge in [-0.3, -0.25) is 9.69 Å². The van der Waals surface area contributed by atoms with Gasteiger partial charge in [0.25, 0.3) is 5.91 Å². The van der Waals surface area contributed by atoms with Crippen LogP contribution >= 0.6 is 0 Å². The van der Waals surface area contributed by atoms with Gasteiger partial charge in [-0.1, -0.05) is 36.4 Å². The van der Waals surface area contributed by atoms with Crippen LogP contribution < -0.4 is 5.14 Å². The molecule has 1 fully saturated rings. The molecule has 2 aromatic carbocycles. The second-order valence-corrected chi connectivity index (χ2v) is 8.75. The molecule has 1 aliphatic rings. The smallest absolute Gasteiger partial charge is 0.254 e. The van der Waals surface area contributed by atoms with Crippen LogP contribution in [0.5, 0.6) is 0 Å². The quantitative estimate of drug-likeness (QED) is 0.806. The van der Waals surface area contributed by atoms with Gasteiger partial charge in [-0.15, -0.1) is 0 Å². The molecule has 0 bridgehead atoms. The number of sulfonamides is 1. The maximum atomic E-state index is 13.1. The summed E-state index contributed by atoms with van der Waals surface area (Å²) in [5, 5.41) is 5.20. The summed E-state index contributed by atoms with van der Waals surface area (Å²) < 4.78 is 23.2.